The molecule has 2 heterocycles. The fourth-order valence-corrected chi connectivity index (χ4v) is 1.78. The lowest BCUT2D eigenvalue weighted by Crippen LogP contribution is -2.41. The van der Waals surface area contributed by atoms with Crippen LogP contribution in [0.3, 0.4) is 0 Å². The molecule has 10 heteroatoms. The van der Waals surface area contributed by atoms with E-state index in [1.54, 1.807) is 18.2 Å². The number of carbonyl (C=O) groups is 4. The predicted octanol–water partition coefficient (Wildman–Crippen LogP) is 0.562. The lowest BCUT2D eigenvalue weighted by Gasteiger charge is -2.07. The van der Waals surface area contributed by atoms with E-state index in [0.29, 0.717) is 5.76 Å². The van der Waals surface area contributed by atoms with Gasteiger partial charge in [-0.05, 0) is 24.3 Å². The average Bonchev–Trinajstić information content (AvgIpc) is 3.31. The summed E-state index contributed by atoms with van der Waals surface area (Å²) in [6, 6.07) is 5.63. The van der Waals surface area contributed by atoms with Crippen molar-refractivity contribution in [2.45, 2.75) is 13.0 Å². The molecular formula is C16H17N3O7. The largest absolute Gasteiger partial charge is 0.467 e. The van der Waals surface area contributed by atoms with Crippen molar-refractivity contribution in [3.8, 4) is 0 Å². The maximum atomic E-state index is 11.5. The van der Waals surface area contributed by atoms with Gasteiger partial charge in [0.05, 0.1) is 25.5 Å². The van der Waals surface area contributed by atoms with Crippen LogP contribution in [0, 0.1) is 0 Å². The Hall–Kier alpha value is -3.56. The second kappa shape index (κ2) is 9.67. The number of esters is 1. The zero-order chi connectivity index (χ0) is 18.8. The van der Waals surface area contributed by atoms with Crippen molar-refractivity contribution in [2.24, 2.45) is 0 Å². The Morgan fingerprint density at radius 2 is 1.77 bits per heavy atom. The summed E-state index contributed by atoms with van der Waals surface area (Å²) >= 11 is 0. The Morgan fingerprint density at radius 1 is 1.00 bits per heavy atom. The third-order valence-electron chi connectivity index (χ3n) is 2.98. The number of amides is 4. The highest BCUT2D eigenvalue weighted by Crippen LogP contribution is 1.99. The van der Waals surface area contributed by atoms with E-state index in [4.69, 9.17) is 13.6 Å². The summed E-state index contributed by atoms with van der Waals surface area (Å²) in [5, 5.41) is 6.86. The van der Waals surface area contributed by atoms with E-state index >= 15 is 0 Å². The minimum atomic E-state index is -0.782. The molecule has 0 unspecified atom stereocenters. The SMILES string of the molecule is O=C(COC(=O)CCNC(=O)c1ccco1)NC(=O)NCc1ccco1. The number of urea groups is 1. The summed E-state index contributed by atoms with van der Waals surface area (Å²) in [7, 11) is 0. The molecule has 0 aliphatic heterocycles. The average molecular weight is 363 g/mol. The fraction of sp³-hybridized carbons (Fsp3) is 0.250. The molecule has 0 atom stereocenters. The highest BCUT2D eigenvalue weighted by molar-refractivity contribution is 5.95. The standard InChI is InChI=1S/C16H17N3O7/c20-13(19-16(23)18-9-11-3-1-7-24-11)10-26-14(21)5-6-17-15(22)12-4-2-8-25-12/h1-4,7-8H,5-6,9-10H2,(H,17,22)(H2,18,19,20,23). The van der Waals surface area contributed by atoms with Crippen molar-refractivity contribution in [3.05, 3.63) is 48.3 Å². The van der Waals surface area contributed by atoms with E-state index in [9.17, 15) is 19.2 Å². The molecule has 0 saturated carbocycles. The van der Waals surface area contributed by atoms with E-state index in [1.807, 2.05) is 5.32 Å². The van der Waals surface area contributed by atoms with Crippen LogP contribution in [0.4, 0.5) is 4.79 Å². The molecule has 0 aromatic carbocycles. The van der Waals surface area contributed by atoms with Crippen molar-refractivity contribution in [1.82, 2.24) is 16.0 Å². The molecule has 0 saturated heterocycles. The van der Waals surface area contributed by atoms with Crippen LogP contribution in [-0.2, 0) is 20.9 Å². The van der Waals surface area contributed by atoms with Crippen LogP contribution in [0.2, 0.25) is 0 Å². The molecule has 2 aromatic rings. The van der Waals surface area contributed by atoms with E-state index in [1.165, 1.54) is 18.6 Å². The molecule has 3 N–H and O–H groups in total. The van der Waals surface area contributed by atoms with Gasteiger partial charge in [-0.15, -0.1) is 0 Å². The number of carbonyl (C=O) groups excluding carboxylic acids is 4. The molecular weight excluding hydrogens is 346 g/mol. The van der Waals surface area contributed by atoms with Crippen molar-refractivity contribution in [1.29, 1.82) is 0 Å². The third-order valence-corrected chi connectivity index (χ3v) is 2.98. The highest BCUT2D eigenvalue weighted by Gasteiger charge is 2.12. The van der Waals surface area contributed by atoms with Gasteiger partial charge in [-0.2, -0.15) is 0 Å². The van der Waals surface area contributed by atoms with Gasteiger partial charge in [0.1, 0.15) is 5.76 Å². The summed E-state index contributed by atoms with van der Waals surface area (Å²) in [6.45, 7) is -0.482. The van der Waals surface area contributed by atoms with Gasteiger partial charge in [-0.25, -0.2) is 4.79 Å². The molecule has 4 amide bonds. The molecule has 0 aliphatic rings. The smallest absolute Gasteiger partial charge is 0.321 e. The minimum absolute atomic E-state index is 0.0175. The van der Waals surface area contributed by atoms with Gasteiger partial charge in [0, 0.05) is 6.54 Å². The molecule has 0 radical (unpaired) electrons. The lowest BCUT2D eigenvalue weighted by atomic mass is 10.4. The monoisotopic (exact) mass is 363 g/mol. The van der Waals surface area contributed by atoms with Crippen LogP contribution in [0.5, 0.6) is 0 Å². The van der Waals surface area contributed by atoms with E-state index in [2.05, 4.69) is 10.6 Å². The zero-order valence-electron chi connectivity index (χ0n) is 13.7. The van der Waals surface area contributed by atoms with Gasteiger partial charge in [0.2, 0.25) is 0 Å². The Bertz CT molecular complexity index is 738. The van der Waals surface area contributed by atoms with Crippen LogP contribution in [0.25, 0.3) is 0 Å². The topological polar surface area (TPSA) is 140 Å². The third kappa shape index (κ3) is 6.51. The van der Waals surface area contributed by atoms with Gasteiger partial charge in [-0.3, -0.25) is 19.7 Å². The van der Waals surface area contributed by atoms with E-state index < -0.39 is 30.4 Å². The maximum Gasteiger partial charge on any atom is 0.321 e. The Kier molecular flexibility index (Phi) is 6.98. The second-order valence-electron chi connectivity index (χ2n) is 4.95. The Balaban J connectivity index is 1.55. The predicted molar refractivity (Wildman–Crippen MR) is 85.7 cm³/mol. The van der Waals surface area contributed by atoms with Crippen molar-refractivity contribution in [2.75, 3.05) is 13.2 Å². The van der Waals surface area contributed by atoms with Crippen molar-refractivity contribution < 1.29 is 32.7 Å². The first-order chi connectivity index (χ1) is 12.5. The second-order valence-corrected chi connectivity index (χ2v) is 4.95. The van der Waals surface area contributed by atoms with Gasteiger partial charge in [-0.1, -0.05) is 0 Å². The van der Waals surface area contributed by atoms with Crippen LogP contribution < -0.4 is 16.0 Å². The van der Waals surface area contributed by atoms with Crippen LogP contribution in [0.1, 0.15) is 22.7 Å². The summed E-state index contributed by atoms with van der Waals surface area (Å²) in [6.07, 6.45) is 2.67. The number of furan rings is 2. The van der Waals surface area contributed by atoms with Gasteiger partial charge in [0.15, 0.2) is 12.4 Å². The first-order valence-corrected chi connectivity index (χ1v) is 7.62. The van der Waals surface area contributed by atoms with Gasteiger partial charge >= 0.3 is 12.0 Å². The molecule has 0 aliphatic carbocycles. The van der Waals surface area contributed by atoms with Crippen molar-refractivity contribution in [3.63, 3.8) is 0 Å². The molecule has 26 heavy (non-hydrogen) atoms. The molecule has 0 fully saturated rings. The fourth-order valence-electron chi connectivity index (χ4n) is 1.78. The normalized spacial score (nSPS) is 10.0. The number of imide groups is 1. The minimum Gasteiger partial charge on any atom is -0.467 e. The number of nitrogens with one attached hydrogen (secondary N) is 3. The number of hydrogen-bond donors (Lipinski definition) is 3. The van der Waals surface area contributed by atoms with E-state index in [0.717, 1.165) is 0 Å². The lowest BCUT2D eigenvalue weighted by molar-refractivity contribution is -0.148. The summed E-state index contributed by atoms with van der Waals surface area (Å²) in [5.74, 6) is -1.30. The Morgan fingerprint density at radius 3 is 2.46 bits per heavy atom. The maximum absolute atomic E-state index is 11.5. The number of hydrogen-bond acceptors (Lipinski definition) is 7. The van der Waals surface area contributed by atoms with Crippen LogP contribution >= 0.6 is 0 Å². The van der Waals surface area contributed by atoms with Gasteiger partial charge in [0.25, 0.3) is 11.8 Å². The quantitative estimate of drug-likeness (QED) is 0.582. The molecule has 10 nitrogen and oxygen atoms in total. The molecule has 0 spiro atoms. The molecule has 138 valence electrons. The highest BCUT2D eigenvalue weighted by atomic mass is 16.5. The zero-order valence-corrected chi connectivity index (χ0v) is 13.7. The van der Waals surface area contributed by atoms with Crippen LogP contribution in [-0.4, -0.2) is 37.0 Å². The Labute approximate surface area is 147 Å². The number of rotatable bonds is 8. The molecule has 0 bridgehead atoms. The van der Waals surface area contributed by atoms with Gasteiger partial charge < -0.3 is 24.2 Å². The van der Waals surface area contributed by atoms with Crippen molar-refractivity contribution >= 4 is 23.8 Å². The summed E-state index contributed by atoms with van der Waals surface area (Å²) in [4.78, 5) is 46.0. The molecule has 2 aromatic heterocycles. The van der Waals surface area contributed by atoms with Crippen LogP contribution in [0.15, 0.2) is 45.6 Å². The van der Waals surface area contributed by atoms with E-state index in [-0.39, 0.29) is 25.3 Å². The number of ether oxygens (including phenoxy) is 1. The first kappa shape index (κ1) is 18.8. The summed E-state index contributed by atoms with van der Waals surface area (Å²) in [5.41, 5.74) is 0. The summed E-state index contributed by atoms with van der Waals surface area (Å²) < 4.78 is 14.6. The molecule has 2 rings (SSSR count). The first-order valence-electron chi connectivity index (χ1n) is 7.62.